The van der Waals surface area contributed by atoms with Crippen LogP contribution < -0.4 is 11.3 Å². The average molecular weight is 180 g/mol. The Bertz CT molecular complexity index is 381. The van der Waals surface area contributed by atoms with Gasteiger partial charge in [0.05, 0.1) is 6.04 Å². The molecule has 0 spiro atoms. The van der Waals surface area contributed by atoms with Gasteiger partial charge >= 0.3 is 0 Å². The van der Waals surface area contributed by atoms with Crippen molar-refractivity contribution in [3.63, 3.8) is 0 Å². The third kappa shape index (κ3) is 2.03. The van der Waals surface area contributed by atoms with Crippen molar-refractivity contribution >= 4 is 5.78 Å². The van der Waals surface area contributed by atoms with Crippen molar-refractivity contribution < 1.29 is 4.79 Å². The highest BCUT2D eigenvalue weighted by atomic mass is 16.1. The first-order valence-corrected chi connectivity index (χ1v) is 3.97. The molecule has 4 heteroatoms. The zero-order valence-corrected chi connectivity index (χ0v) is 7.63. The molecule has 0 saturated heterocycles. The Morgan fingerprint density at radius 3 is 2.69 bits per heavy atom. The van der Waals surface area contributed by atoms with Gasteiger partial charge in [-0.15, -0.1) is 0 Å². The molecule has 0 radical (unpaired) electrons. The number of aromatic nitrogens is 1. The van der Waals surface area contributed by atoms with Crippen molar-refractivity contribution in [2.75, 3.05) is 0 Å². The van der Waals surface area contributed by atoms with E-state index < -0.39 is 6.04 Å². The summed E-state index contributed by atoms with van der Waals surface area (Å²) in [5, 5.41) is 0. The molecule has 1 unspecified atom stereocenters. The molecular weight excluding hydrogens is 168 g/mol. The summed E-state index contributed by atoms with van der Waals surface area (Å²) in [6.45, 7) is 3.18. The number of carbonyl (C=O) groups is 1. The van der Waals surface area contributed by atoms with Gasteiger partial charge in [0.15, 0.2) is 5.78 Å². The summed E-state index contributed by atoms with van der Waals surface area (Å²) < 4.78 is 0. The molecule has 13 heavy (non-hydrogen) atoms. The zero-order valence-electron chi connectivity index (χ0n) is 7.63. The third-order valence-corrected chi connectivity index (χ3v) is 1.95. The Morgan fingerprint density at radius 2 is 2.23 bits per heavy atom. The van der Waals surface area contributed by atoms with Gasteiger partial charge in [-0.1, -0.05) is 0 Å². The summed E-state index contributed by atoms with van der Waals surface area (Å²) in [6, 6.07) is 0.787. The lowest BCUT2D eigenvalue weighted by atomic mass is 10.0. The molecule has 4 nitrogen and oxygen atoms in total. The minimum absolute atomic E-state index is 0.116. The van der Waals surface area contributed by atoms with Gasteiger partial charge in [-0.2, -0.15) is 0 Å². The van der Waals surface area contributed by atoms with Gasteiger partial charge in [0, 0.05) is 12.3 Å². The topological polar surface area (TPSA) is 76.0 Å². The number of aryl methyl sites for hydroxylation is 1. The molecule has 0 bridgehead atoms. The van der Waals surface area contributed by atoms with E-state index in [0.717, 1.165) is 5.56 Å². The monoisotopic (exact) mass is 180 g/mol. The second kappa shape index (κ2) is 3.53. The lowest BCUT2D eigenvalue weighted by Crippen LogP contribution is -2.21. The van der Waals surface area contributed by atoms with E-state index in [2.05, 4.69) is 4.98 Å². The van der Waals surface area contributed by atoms with Crippen LogP contribution in [0.1, 0.15) is 24.1 Å². The molecule has 0 aromatic carbocycles. The van der Waals surface area contributed by atoms with Crippen molar-refractivity contribution in [3.8, 4) is 0 Å². The zero-order chi connectivity index (χ0) is 10.0. The molecule has 3 N–H and O–H groups in total. The van der Waals surface area contributed by atoms with Gasteiger partial charge in [-0.05, 0) is 25.0 Å². The first-order chi connectivity index (χ1) is 6.02. The van der Waals surface area contributed by atoms with Crippen LogP contribution in [0, 0.1) is 6.92 Å². The number of ketones is 1. The highest BCUT2D eigenvalue weighted by Gasteiger charge is 2.13. The minimum atomic E-state index is -0.642. The Labute approximate surface area is 75.8 Å². The Morgan fingerprint density at radius 1 is 1.62 bits per heavy atom. The number of nitrogens with one attached hydrogen (secondary N) is 1. The largest absolute Gasteiger partial charge is 0.329 e. The smallest absolute Gasteiger partial charge is 0.248 e. The van der Waals surface area contributed by atoms with E-state index in [1.807, 2.05) is 0 Å². The molecule has 0 fully saturated rings. The predicted octanol–water partition coefficient (Wildman–Crippen LogP) is 0.272. The second-order valence-corrected chi connectivity index (χ2v) is 3.02. The maximum atomic E-state index is 11.0. The van der Waals surface area contributed by atoms with E-state index in [-0.39, 0.29) is 11.3 Å². The summed E-state index contributed by atoms with van der Waals surface area (Å²) in [5.74, 6) is -0.116. The van der Waals surface area contributed by atoms with Crippen LogP contribution in [0.4, 0.5) is 0 Å². The number of rotatable bonds is 2. The molecule has 0 saturated carbocycles. The molecule has 0 amide bonds. The fourth-order valence-corrected chi connectivity index (χ4v) is 1.14. The summed E-state index contributed by atoms with van der Waals surface area (Å²) in [4.78, 5) is 24.3. The van der Waals surface area contributed by atoms with E-state index in [1.54, 1.807) is 6.92 Å². The maximum Gasteiger partial charge on any atom is 0.248 e. The van der Waals surface area contributed by atoms with Crippen LogP contribution in [-0.2, 0) is 4.79 Å². The quantitative estimate of drug-likeness (QED) is 0.686. The average Bonchev–Trinajstić information content (AvgIpc) is 2.03. The summed E-state index contributed by atoms with van der Waals surface area (Å²) in [6.07, 6.45) is 1.49. The van der Waals surface area contributed by atoms with Crippen molar-refractivity contribution in [3.05, 3.63) is 33.7 Å². The van der Waals surface area contributed by atoms with Crippen molar-refractivity contribution in [2.24, 2.45) is 5.73 Å². The molecule has 1 rings (SSSR count). The van der Waals surface area contributed by atoms with Gasteiger partial charge in [0.1, 0.15) is 0 Å². The fraction of sp³-hybridized carbons (Fsp3) is 0.333. The van der Waals surface area contributed by atoms with Crippen LogP contribution in [0.2, 0.25) is 0 Å². The van der Waals surface area contributed by atoms with Gasteiger partial charge in [-0.3, -0.25) is 9.59 Å². The van der Waals surface area contributed by atoms with Crippen LogP contribution >= 0.6 is 0 Å². The number of carbonyl (C=O) groups excluding carboxylic acids is 1. The first kappa shape index (κ1) is 9.67. The fourth-order valence-electron chi connectivity index (χ4n) is 1.14. The molecule has 0 aliphatic heterocycles. The third-order valence-electron chi connectivity index (χ3n) is 1.95. The van der Waals surface area contributed by atoms with Gasteiger partial charge in [0.25, 0.3) is 0 Å². The van der Waals surface area contributed by atoms with Gasteiger partial charge < -0.3 is 10.7 Å². The van der Waals surface area contributed by atoms with Crippen LogP contribution in [0.5, 0.6) is 0 Å². The Kier molecular flexibility index (Phi) is 2.63. The number of hydrogen-bond donors (Lipinski definition) is 2. The molecular formula is C9H12N2O2. The Balaban J connectivity index is 3.16. The van der Waals surface area contributed by atoms with Gasteiger partial charge in [-0.25, -0.2) is 0 Å². The highest BCUT2D eigenvalue weighted by Crippen LogP contribution is 2.12. The minimum Gasteiger partial charge on any atom is -0.329 e. The van der Waals surface area contributed by atoms with E-state index in [0.29, 0.717) is 5.56 Å². The molecule has 1 aromatic rings. The van der Waals surface area contributed by atoms with Crippen LogP contribution in [-0.4, -0.2) is 10.8 Å². The molecule has 0 aliphatic rings. The number of nitrogens with two attached hydrogens (primary N) is 1. The molecule has 1 aromatic heterocycles. The van der Waals surface area contributed by atoms with E-state index in [1.165, 1.54) is 19.2 Å². The van der Waals surface area contributed by atoms with Crippen LogP contribution in [0.25, 0.3) is 0 Å². The molecule has 1 heterocycles. The molecule has 0 aliphatic carbocycles. The standard InChI is InChI=1S/C9H12N2O2/c1-5-3-8(13)11-4-7(5)9(10)6(2)12/h3-4,9H,10H2,1-2H3,(H,11,13). The second-order valence-electron chi connectivity index (χ2n) is 3.02. The van der Waals surface area contributed by atoms with E-state index in [9.17, 15) is 9.59 Å². The number of pyridine rings is 1. The number of aromatic amines is 1. The highest BCUT2D eigenvalue weighted by molar-refractivity contribution is 5.82. The van der Waals surface area contributed by atoms with Crippen molar-refractivity contribution in [1.29, 1.82) is 0 Å². The van der Waals surface area contributed by atoms with E-state index >= 15 is 0 Å². The van der Waals surface area contributed by atoms with Crippen LogP contribution in [0.15, 0.2) is 17.1 Å². The Hall–Kier alpha value is -1.42. The first-order valence-electron chi connectivity index (χ1n) is 3.97. The number of H-pyrrole nitrogens is 1. The maximum absolute atomic E-state index is 11.0. The molecule has 1 atom stereocenters. The molecule has 70 valence electrons. The SMILES string of the molecule is CC(=O)C(N)c1c[nH]c(=O)cc1C. The normalized spacial score (nSPS) is 12.5. The summed E-state index contributed by atoms with van der Waals surface area (Å²) in [5.41, 5.74) is 6.85. The van der Waals surface area contributed by atoms with E-state index in [4.69, 9.17) is 5.73 Å². The number of Topliss-reactive ketones (excluding diaryl/α,β-unsaturated/α-hetero) is 1. The van der Waals surface area contributed by atoms with Gasteiger partial charge in [0.2, 0.25) is 5.56 Å². The van der Waals surface area contributed by atoms with Crippen molar-refractivity contribution in [1.82, 2.24) is 4.98 Å². The summed E-state index contributed by atoms with van der Waals surface area (Å²) >= 11 is 0. The predicted molar refractivity (Wildman–Crippen MR) is 49.4 cm³/mol. The van der Waals surface area contributed by atoms with Crippen LogP contribution in [0.3, 0.4) is 0 Å². The lowest BCUT2D eigenvalue weighted by molar-refractivity contribution is -0.118. The summed E-state index contributed by atoms with van der Waals surface area (Å²) in [7, 11) is 0. The van der Waals surface area contributed by atoms with Crippen molar-refractivity contribution in [2.45, 2.75) is 19.9 Å². The lowest BCUT2D eigenvalue weighted by Gasteiger charge is -2.09. The number of hydrogen-bond acceptors (Lipinski definition) is 3.